The van der Waals surface area contributed by atoms with Crippen LogP contribution in [0.2, 0.25) is 0 Å². The molecule has 0 unspecified atom stereocenters. The second kappa shape index (κ2) is 5.46. The number of carbonyl (C=O) groups is 1. The topological polar surface area (TPSA) is 108 Å². The highest BCUT2D eigenvalue weighted by atomic mass is 16.6. The summed E-state index contributed by atoms with van der Waals surface area (Å²) in [6, 6.07) is 1.20. The Bertz CT molecular complexity index is 516. The van der Waals surface area contributed by atoms with Crippen molar-refractivity contribution in [3.05, 3.63) is 27.9 Å². The van der Waals surface area contributed by atoms with Crippen LogP contribution < -0.4 is 5.73 Å². The van der Waals surface area contributed by atoms with Crippen molar-refractivity contribution >= 4 is 17.5 Å². The Morgan fingerprint density at radius 3 is 3.00 bits per heavy atom. The van der Waals surface area contributed by atoms with Gasteiger partial charge in [-0.1, -0.05) is 11.8 Å². The van der Waals surface area contributed by atoms with E-state index in [4.69, 9.17) is 5.73 Å². The Morgan fingerprint density at radius 1 is 1.71 bits per heavy atom. The molecule has 1 heterocycles. The largest absolute Gasteiger partial charge is 0.468 e. The zero-order valence-corrected chi connectivity index (χ0v) is 8.97. The minimum atomic E-state index is -0.645. The van der Waals surface area contributed by atoms with E-state index in [9.17, 15) is 14.9 Å². The molecule has 0 aliphatic rings. The van der Waals surface area contributed by atoms with Gasteiger partial charge in [-0.25, -0.2) is 4.98 Å². The van der Waals surface area contributed by atoms with Gasteiger partial charge in [0.15, 0.2) is 0 Å². The third-order valence-corrected chi connectivity index (χ3v) is 1.79. The van der Waals surface area contributed by atoms with E-state index < -0.39 is 10.9 Å². The summed E-state index contributed by atoms with van der Waals surface area (Å²) in [4.78, 5) is 24.3. The minimum Gasteiger partial charge on any atom is -0.468 e. The Kier molecular flexibility index (Phi) is 4.00. The fourth-order valence-corrected chi connectivity index (χ4v) is 0.969. The second-order valence-corrected chi connectivity index (χ2v) is 2.94. The molecule has 0 aliphatic carbocycles. The molecule has 1 aromatic rings. The molecule has 17 heavy (non-hydrogen) atoms. The Hall–Kier alpha value is -2.62. The quantitative estimate of drug-likeness (QED) is 0.346. The number of aromatic nitrogens is 1. The molecule has 7 nitrogen and oxygen atoms in total. The average Bonchev–Trinajstić information content (AvgIpc) is 2.30. The smallest absolute Gasteiger partial charge is 0.317 e. The SMILES string of the molecule is COC(=O)CC#Cc1cnc(N)c([N+](=O)[O-])c1. The zero-order valence-electron chi connectivity index (χ0n) is 8.97. The first-order valence-corrected chi connectivity index (χ1v) is 4.50. The van der Waals surface area contributed by atoms with Crippen LogP contribution in [0.25, 0.3) is 0 Å². The predicted octanol–water partition coefficient (Wildman–Crippen LogP) is 0.487. The van der Waals surface area contributed by atoms with Crippen LogP contribution in [0.15, 0.2) is 12.3 Å². The van der Waals surface area contributed by atoms with Crippen molar-refractivity contribution in [2.75, 3.05) is 12.8 Å². The number of nitro groups is 1. The summed E-state index contributed by atoms with van der Waals surface area (Å²) in [5, 5.41) is 10.6. The van der Waals surface area contributed by atoms with E-state index in [1.54, 1.807) is 0 Å². The maximum absolute atomic E-state index is 10.8. The van der Waals surface area contributed by atoms with Crippen LogP contribution in [0, 0.1) is 22.0 Å². The summed E-state index contributed by atoms with van der Waals surface area (Å²) in [6.07, 6.45) is 1.21. The molecule has 0 aromatic carbocycles. The number of nitrogens with zero attached hydrogens (tertiary/aromatic N) is 2. The molecule has 0 spiro atoms. The first-order valence-electron chi connectivity index (χ1n) is 4.50. The molecular weight excluding hydrogens is 226 g/mol. The number of ether oxygens (including phenoxy) is 1. The summed E-state index contributed by atoms with van der Waals surface area (Å²) >= 11 is 0. The van der Waals surface area contributed by atoms with Gasteiger partial charge in [0, 0.05) is 17.8 Å². The number of nitrogen functional groups attached to an aromatic ring is 1. The molecule has 0 amide bonds. The van der Waals surface area contributed by atoms with Gasteiger partial charge < -0.3 is 10.5 Å². The minimum absolute atomic E-state index is 0.0886. The molecule has 2 N–H and O–H groups in total. The zero-order chi connectivity index (χ0) is 12.8. The van der Waals surface area contributed by atoms with Crippen molar-refractivity contribution < 1.29 is 14.5 Å². The number of rotatable bonds is 2. The summed E-state index contributed by atoms with van der Waals surface area (Å²) in [7, 11) is 1.25. The number of hydrogen-bond acceptors (Lipinski definition) is 6. The van der Waals surface area contributed by atoms with Crippen LogP contribution in [0.3, 0.4) is 0 Å². The standard InChI is InChI=1S/C10H9N3O4/c1-17-9(14)4-2-3-7-5-8(13(15)16)10(11)12-6-7/h5-6H,4H2,1H3,(H2,11,12). The number of pyridine rings is 1. The van der Waals surface area contributed by atoms with Gasteiger partial charge in [-0.2, -0.15) is 0 Å². The summed E-state index contributed by atoms with van der Waals surface area (Å²) in [5.41, 5.74) is 5.32. The van der Waals surface area contributed by atoms with Crippen LogP contribution >= 0.6 is 0 Å². The normalized spacial score (nSPS) is 9.00. The lowest BCUT2D eigenvalue weighted by molar-refractivity contribution is -0.384. The molecule has 1 rings (SSSR count). The van der Waals surface area contributed by atoms with Gasteiger partial charge in [0.25, 0.3) is 0 Å². The van der Waals surface area contributed by atoms with Crippen molar-refractivity contribution in [1.29, 1.82) is 0 Å². The third kappa shape index (κ3) is 3.46. The van der Waals surface area contributed by atoms with E-state index in [1.165, 1.54) is 19.4 Å². The number of nitrogens with two attached hydrogens (primary N) is 1. The Morgan fingerprint density at radius 2 is 2.41 bits per heavy atom. The summed E-state index contributed by atoms with van der Waals surface area (Å²) in [6.45, 7) is 0. The molecule has 88 valence electrons. The lowest BCUT2D eigenvalue weighted by Crippen LogP contribution is -1.99. The van der Waals surface area contributed by atoms with E-state index >= 15 is 0 Å². The van der Waals surface area contributed by atoms with Crippen molar-refractivity contribution in [2.45, 2.75) is 6.42 Å². The molecule has 0 radical (unpaired) electrons. The van der Waals surface area contributed by atoms with Crippen molar-refractivity contribution in [1.82, 2.24) is 4.98 Å². The highest BCUT2D eigenvalue weighted by molar-refractivity contribution is 5.72. The van der Waals surface area contributed by atoms with Crippen molar-refractivity contribution in [2.24, 2.45) is 0 Å². The van der Waals surface area contributed by atoms with Crippen LogP contribution in [0.1, 0.15) is 12.0 Å². The Balaban J connectivity index is 2.89. The number of hydrogen-bond donors (Lipinski definition) is 1. The average molecular weight is 235 g/mol. The first kappa shape index (κ1) is 12.4. The fourth-order valence-electron chi connectivity index (χ4n) is 0.969. The number of esters is 1. The Labute approximate surface area is 96.7 Å². The molecule has 0 bridgehead atoms. The van der Waals surface area contributed by atoms with Gasteiger partial charge in [0.1, 0.15) is 6.42 Å². The maximum atomic E-state index is 10.8. The predicted molar refractivity (Wildman–Crippen MR) is 58.8 cm³/mol. The fraction of sp³-hybridized carbons (Fsp3) is 0.200. The van der Waals surface area contributed by atoms with E-state index in [0.717, 1.165) is 0 Å². The van der Waals surface area contributed by atoms with Crippen LogP contribution in [0.5, 0.6) is 0 Å². The molecule has 0 saturated heterocycles. The van der Waals surface area contributed by atoms with Gasteiger partial charge in [-0.3, -0.25) is 14.9 Å². The first-order chi connectivity index (χ1) is 8.04. The van der Waals surface area contributed by atoms with Gasteiger partial charge >= 0.3 is 11.7 Å². The molecular formula is C10H9N3O4. The van der Waals surface area contributed by atoms with E-state index in [-0.39, 0.29) is 17.9 Å². The monoisotopic (exact) mass is 235 g/mol. The number of methoxy groups -OCH3 is 1. The van der Waals surface area contributed by atoms with Crippen LogP contribution in [-0.4, -0.2) is 23.0 Å². The highest BCUT2D eigenvalue weighted by Crippen LogP contribution is 2.18. The van der Waals surface area contributed by atoms with E-state index in [2.05, 4.69) is 21.6 Å². The lowest BCUT2D eigenvalue weighted by Gasteiger charge is -1.95. The highest BCUT2D eigenvalue weighted by Gasteiger charge is 2.12. The molecule has 0 aliphatic heterocycles. The molecule has 0 fully saturated rings. The molecule has 0 saturated carbocycles. The van der Waals surface area contributed by atoms with Crippen molar-refractivity contribution in [3.63, 3.8) is 0 Å². The number of carbonyl (C=O) groups excluding carboxylic acids is 1. The second-order valence-electron chi connectivity index (χ2n) is 2.94. The van der Waals surface area contributed by atoms with Crippen molar-refractivity contribution in [3.8, 4) is 11.8 Å². The molecule has 1 aromatic heterocycles. The van der Waals surface area contributed by atoms with Gasteiger partial charge in [-0.15, -0.1) is 0 Å². The van der Waals surface area contributed by atoms with Crippen LogP contribution in [0.4, 0.5) is 11.5 Å². The lowest BCUT2D eigenvalue weighted by atomic mass is 10.2. The van der Waals surface area contributed by atoms with Crippen LogP contribution in [-0.2, 0) is 9.53 Å². The van der Waals surface area contributed by atoms with Gasteiger partial charge in [-0.05, 0) is 0 Å². The summed E-state index contributed by atoms with van der Waals surface area (Å²) < 4.78 is 4.38. The summed E-state index contributed by atoms with van der Waals surface area (Å²) in [5.74, 6) is 4.42. The molecule has 7 heteroatoms. The third-order valence-electron chi connectivity index (χ3n) is 1.79. The maximum Gasteiger partial charge on any atom is 0.317 e. The van der Waals surface area contributed by atoms with E-state index in [1.807, 2.05) is 0 Å². The number of anilines is 1. The molecule has 0 atom stereocenters. The van der Waals surface area contributed by atoms with E-state index in [0.29, 0.717) is 5.56 Å². The van der Waals surface area contributed by atoms with Gasteiger partial charge in [0.05, 0.1) is 12.0 Å². The van der Waals surface area contributed by atoms with Gasteiger partial charge in [0.2, 0.25) is 5.82 Å².